The van der Waals surface area contributed by atoms with Crippen LogP contribution in [0.4, 0.5) is 13.2 Å². The van der Waals surface area contributed by atoms with Crippen LogP contribution in [0.15, 0.2) is 57.7 Å². The van der Waals surface area contributed by atoms with E-state index in [4.69, 9.17) is 0 Å². The highest BCUT2D eigenvalue weighted by Gasteiger charge is 2.53. The number of pyridine rings is 1. The summed E-state index contributed by atoms with van der Waals surface area (Å²) in [4.78, 5) is 15.6. The first-order valence-electron chi connectivity index (χ1n) is 12.7. The van der Waals surface area contributed by atoms with Crippen molar-refractivity contribution in [1.29, 1.82) is 0 Å². The lowest BCUT2D eigenvalue weighted by molar-refractivity contribution is -0.488. The largest absolute Gasteiger partial charge is 0.418 e. The Balaban J connectivity index is 1.29. The zero-order valence-corrected chi connectivity index (χ0v) is 20.5. The maximum Gasteiger partial charge on any atom is 0.418 e. The van der Waals surface area contributed by atoms with Crippen LogP contribution in [0.3, 0.4) is 0 Å². The molecule has 1 radical (unpaired) electrons. The molecule has 4 aliphatic rings. The number of rotatable bonds is 5. The van der Waals surface area contributed by atoms with E-state index < -0.39 is 17.4 Å². The summed E-state index contributed by atoms with van der Waals surface area (Å²) in [6.45, 7) is 2.25. The Morgan fingerprint density at radius 1 is 1.08 bits per heavy atom. The average Bonchev–Trinajstić information content (AvgIpc) is 3.39. The standard InChI is InChI=1S/C27H27F3N6O/c1-33-17-31-32-23(33)26(6-3-7-26)19-4-2-5-20(11-19)35-14-22-21(27(28,29)30)10-18(13-36(22)24(35)37)12-34-15-25(16-34)8-9-25/h2,4-5,10-11,13-14,17H,3,6-9,12,15-16H2,1H3/q+1. The first-order valence-corrected chi connectivity index (χ1v) is 12.7. The van der Waals surface area contributed by atoms with Crippen LogP contribution >= 0.6 is 0 Å². The molecule has 3 fully saturated rings. The number of imidazole rings is 1. The Morgan fingerprint density at radius 3 is 2.49 bits per heavy atom. The molecule has 1 saturated heterocycles. The average molecular weight is 509 g/mol. The van der Waals surface area contributed by atoms with Gasteiger partial charge >= 0.3 is 24.4 Å². The summed E-state index contributed by atoms with van der Waals surface area (Å²) in [7, 11) is 1.91. The van der Waals surface area contributed by atoms with Crippen LogP contribution in [0.5, 0.6) is 0 Å². The van der Waals surface area contributed by atoms with Gasteiger partial charge < -0.3 is 0 Å². The monoisotopic (exact) mass is 508 g/mol. The molecule has 3 aromatic rings. The summed E-state index contributed by atoms with van der Waals surface area (Å²) >= 11 is 0. The number of benzene rings is 1. The zero-order chi connectivity index (χ0) is 25.6. The summed E-state index contributed by atoms with van der Waals surface area (Å²) in [6.07, 6.45) is 6.08. The summed E-state index contributed by atoms with van der Waals surface area (Å²) in [5.74, 6) is 0. The third-order valence-corrected chi connectivity index (χ3v) is 8.63. The fraction of sp³-hybridized carbons (Fsp3) is 0.444. The normalized spacial score (nSPS) is 22.3. The SMILES string of the molecule is C[N+]1=CN=N[C]1C1(c2cccc(-n3cc4c(C(F)(F)F)cc(CN5CC6(CC6)C5)cn4c3=O)c2)CCC1. The molecule has 0 unspecified atom stereocenters. The number of hydrogen-bond acceptors (Lipinski definition) is 4. The van der Waals surface area contributed by atoms with Gasteiger partial charge in [-0.1, -0.05) is 18.6 Å². The minimum Gasteiger partial charge on any atom is -0.298 e. The Labute approximate surface area is 211 Å². The molecule has 2 aliphatic heterocycles. The van der Waals surface area contributed by atoms with E-state index >= 15 is 0 Å². The highest BCUT2D eigenvalue weighted by Crippen LogP contribution is 2.53. The van der Waals surface area contributed by atoms with Gasteiger partial charge in [0.15, 0.2) is 0 Å². The van der Waals surface area contributed by atoms with E-state index in [1.807, 2.05) is 29.8 Å². The lowest BCUT2D eigenvalue weighted by atomic mass is 9.62. The second kappa shape index (κ2) is 7.63. The van der Waals surface area contributed by atoms with Crippen molar-refractivity contribution in [2.75, 3.05) is 20.1 Å². The van der Waals surface area contributed by atoms with Gasteiger partial charge in [-0.3, -0.25) is 13.9 Å². The van der Waals surface area contributed by atoms with Crippen molar-refractivity contribution in [1.82, 2.24) is 13.9 Å². The summed E-state index contributed by atoms with van der Waals surface area (Å²) in [5.41, 5.74) is 0.678. The fourth-order valence-electron chi connectivity index (χ4n) is 6.35. The number of likely N-dealkylation sites (N-methyl/N-ethyl adjacent to an activating group) is 1. The molecule has 2 saturated carbocycles. The van der Waals surface area contributed by atoms with Gasteiger partial charge in [-0.05, 0) is 65.5 Å². The molecule has 4 heterocycles. The van der Waals surface area contributed by atoms with Crippen molar-refractivity contribution < 1.29 is 17.7 Å². The minimum atomic E-state index is -4.57. The molecule has 7 rings (SSSR count). The third kappa shape index (κ3) is 3.52. The lowest BCUT2D eigenvalue weighted by Crippen LogP contribution is -2.47. The van der Waals surface area contributed by atoms with E-state index in [9.17, 15) is 18.0 Å². The van der Waals surface area contributed by atoms with E-state index in [0.717, 1.165) is 48.5 Å². The number of azo groups is 1. The number of hydrogen-bond donors (Lipinski definition) is 0. The summed E-state index contributed by atoms with van der Waals surface area (Å²) < 4.78 is 46.8. The molecule has 37 heavy (non-hydrogen) atoms. The number of aromatic nitrogens is 2. The van der Waals surface area contributed by atoms with Crippen LogP contribution in [0.1, 0.15) is 48.8 Å². The van der Waals surface area contributed by atoms with Crippen LogP contribution in [-0.4, -0.2) is 44.9 Å². The van der Waals surface area contributed by atoms with Crippen molar-refractivity contribution in [2.24, 2.45) is 15.6 Å². The maximum absolute atomic E-state index is 14.1. The summed E-state index contributed by atoms with van der Waals surface area (Å²) in [6, 6.07) is 8.71. The Kier molecular flexibility index (Phi) is 4.72. The first-order chi connectivity index (χ1) is 17.7. The molecular weight excluding hydrogens is 481 g/mol. The predicted octanol–water partition coefficient (Wildman–Crippen LogP) is 4.75. The van der Waals surface area contributed by atoms with Crippen LogP contribution in [-0.2, 0) is 18.1 Å². The number of alkyl halides is 3. The lowest BCUT2D eigenvalue weighted by Gasteiger charge is -2.42. The van der Waals surface area contributed by atoms with Crippen molar-refractivity contribution in [3.8, 4) is 5.69 Å². The second-order valence-electron chi connectivity index (χ2n) is 11.2. The smallest absolute Gasteiger partial charge is 0.298 e. The Morgan fingerprint density at radius 2 is 1.86 bits per heavy atom. The Hall–Kier alpha value is -3.27. The molecule has 1 spiro atoms. The maximum atomic E-state index is 14.1. The van der Waals surface area contributed by atoms with Gasteiger partial charge in [-0.2, -0.15) is 13.2 Å². The molecule has 7 nitrogen and oxygen atoms in total. The topological polar surface area (TPSA) is 57.4 Å². The van der Waals surface area contributed by atoms with E-state index in [-0.39, 0.29) is 10.9 Å². The van der Waals surface area contributed by atoms with Crippen LogP contribution in [0.2, 0.25) is 0 Å². The highest BCUT2D eigenvalue weighted by atomic mass is 19.4. The third-order valence-electron chi connectivity index (χ3n) is 8.63. The van der Waals surface area contributed by atoms with E-state index in [1.54, 1.807) is 18.6 Å². The van der Waals surface area contributed by atoms with Gasteiger partial charge in [-0.15, -0.1) is 0 Å². The second-order valence-corrected chi connectivity index (χ2v) is 11.2. The molecule has 191 valence electrons. The molecule has 2 aliphatic carbocycles. The fourth-order valence-corrected chi connectivity index (χ4v) is 6.35. The summed E-state index contributed by atoms with van der Waals surface area (Å²) in [5, 5.41) is 8.40. The highest BCUT2D eigenvalue weighted by molar-refractivity contribution is 5.58. The first kappa shape index (κ1) is 22.9. The number of halogens is 3. The van der Waals surface area contributed by atoms with Crippen molar-refractivity contribution in [3.05, 3.63) is 76.1 Å². The van der Waals surface area contributed by atoms with Gasteiger partial charge in [-0.25, -0.2) is 9.37 Å². The molecular formula is C27H27F3N6O+. The van der Waals surface area contributed by atoms with Gasteiger partial charge in [0.05, 0.1) is 34.3 Å². The quantitative estimate of drug-likeness (QED) is 0.467. The molecule has 0 atom stereocenters. The van der Waals surface area contributed by atoms with Crippen molar-refractivity contribution in [2.45, 2.75) is 50.2 Å². The van der Waals surface area contributed by atoms with Gasteiger partial charge in [0.1, 0.15) is 0 Å². The van der Waals surface area contributed by atoms with Crippen LogP contribution in [0.25, 0.3) is 11.2 Å². The molecule has 1 aromatic carbocycles. The van der Waals surface area contributed by atoms with Crippen molar-refractivity contribution in [3.63, 3.8) is 0 Å². The van der Waals surface area contributed by atoms with E-state index in [0.29, 0.717) is 23.2 Å². The molecule has 2 aromatic heterocycles. The predicted molar refractivity (Wildman–Crippen MR) is 131 cm³/mol. The number of fused-ring (bicyclic) bond motifs is 1. The van der Waals surface area contributed by atoms with E-state index in [2.05, 4.69) is 15.1 Å². The molecule has 10 heteroatoms. The number of nitrogens with zero attached hydrogens (tertiary/aromatic N) is 6. The van der Waals surface area contributed by atoms with Gasteiger partial charge in [0.2, 0.25) is 0 Å². The molecule has 0 bridgehead atoms. The van der Waals surface area contributed by atoms with Gasteiger partial charge in [0, 0.05) is 32.0 Å². The van der Waals surface area contributed by atoms with Crippen LogP contribution in [0, 0.1) is 11.6 Å². The Bertz CT molecular complexity index is 1530. The van der Waals surface area contributed by atoms with E-state index in [1.165, 1.54) is 29.7 Å². The van der Waals surface area contributed by atoms with Crippen LogP contribution < -0.4 is 5.69 Å². The van der Waals surface area contributed by atoms with Crippen molar-refractivity contribution >= 4 is 11.9 Å². The zero-order valence-electron chi connectivity index (χ0n) is 20.5. The minimum absolute atomic E-state index is 0.138. The number of likely N-dealkylation sites (tertiary alicyclic amines) is 1. The molecule has 0 amide bonds. The van der Waals surface area contributed by atoms with Gasteiger partial charge in [0.25, 0.3) is 0 Å². The molecule has 0 N–H and O–H groups in total.